The van der Waals surface area contributed by atoms with Gasteiger partial charge in [0.1, 0.15) is 5.75 Å². The highest BCUT2D eigenvalue weighted by Crippen LogP contribution is 2.25. The minimum atomic E-state index is 0.422. The van der Waals surface area contributed by atoms with Crippen LogP contribution in [0.3, 0.4) is 0 Å². The lowest BCUT2D eigenvalue weighted by molar-refractivity contribution is 0.120. The maximum absolute atomic E-state index is 5.69. The van der Waals surface area contributed by atoms with Crippen molar-refractivity contribution in [2.75, 3.05) is 0 Å². The first-order valence-corrected chi connectivity index (χ1v) is 5.09. The lowest BCUT2D eigenvalue weighted by Crippen LogP contribution is -2.24. The van der Waals surface area contributed by atoms with Crippen molar-refractivity contribution in [2.24, 2.45) is 0 Å². The molecule has 70 valence electrons. The molecule has 0 saturated heterocycles. The molecule has 1 aromatic heterocycles. The summed E-state index contributed by atoms with van der Waals surface area (Å²) >= 11 is 5.67. The lowest BCUT2D eigenvalue weighted by Gasteiger charge is -2.26. The number of hydrogen-bond donors (Lipinski definition) is 0. The number of hydrogen-bond acceptors (Lipinski definition) is 2. The largest absolute Gasteiger partial charge is 0.490 e. The van der Waals surface area contributed by atoms with E-state index in [9.17, 15) is 0 Å². The molecule has 0 N–H and O–H groups in total. The van der Waals surface area contributed by atoms with Crippen LogP contribution in [-0.4, -0.2) is 11.1 Å². The molecule has 0 aromatic carbocycles. The van der Waals surface area contributed by atoms with Gasteiger partial charge in [-0.3, -0.25) is 4.98 Å². The molecule has 2 rings (SSSR count). The van der Waals surface area contributed by atoms with E-state index in [1.807, 2.05) is 12.1 Å². The molecular formula is C10H12ClNO. The summed E-state index contributed by atoms with van der Waals surface area (Å²) in [6, 6.07) is 3.79. The number of nitrogens with zero attached hydrogens (tertiary/aromatic N) is 1. The highest BCUT2D eigenvalue weighted by Gasteiger charge is 2.18. The molecule has 0 spiro atoms. The van der Waals surface area contributed by atoms with Gasteiger partial charge in [-0.25, -0.2) is 0 Å². The van der Waals surface area contributed by atoms with Crippen LogP contribution in [0.2, 0.25) is 0 Å². The Morgan fingerprint density at radius 1 is 1.54 bits per heavy atom. The highest BCUT2D eigenvalue weighted by molar-refractivity contribution is 6.16. The monoisotopic (exact) mass is 197 g/mol. The van der Waals surface area contributed by atoms with Crippen molar-refractivity contribution in [1.82, 2.24) is 4.98 Å². The van der Waals surface area contributed by atoms with Gasteiger partial charge in [0.2, 0.25) is 0 Å². The fourth-order valence-corrected chi connectivity index (χ4v) is 1.43. The van der Waals surface area contributed by atoms with Gasteiger partial charge in [-0.15, -0.1) is 11.6 Å². The molecule has 1 aliphatic carbocycles. The molecule has 13 heavy (non-hydrogen) atoms. The molecule has 0 unspecified atom stereocenters. The van der Waals surface area contributed by atoms with Gasteiger partial charge in [0, 0.05) is 12.3 Å². The summed E-state index contributed by atoms with van der Waals surface area (Å²) < 4.78 is 5.69. The summed E-state index contributed by atoms with van der Waals surface area (Å²) in [7, 11) is 0. The Morgan fingerprint density at radius 2 is 2.38 bits per heavy atom. The third kappa shape index (κ3) is 2.13. The molecule has 0 radical (unpaired) electrons. The van der Waals surface area contributed by atoms with Crippen LogP contribution >= 0.6 is 11.6 Å². The van der Waals surface area contributed by atoms with Crippen molar-refractivity contribution in [3.8, 4) is 5.75 Å². The van der Waals surface area contributed by atoms with E-state index in [1.165, 1.54) is 19.3 Å². The van der Waals surface area contributed by atoms with Crippen LogP contribution in [0.25, 0.3) is 0 Å². The average molecular weight is 198 g/mol. The number of pyridine rings is 1. The van der Waals surface area contributed by atoms with Crippen LogP contribution in [0.1, 0.15) is 25.0 Å². The first-order chi connectivity index (χ1) is 6.38. The van der Waals surface area contributed by atoms with Crippen LogP contribution < -0.4 is 4.74 Å². The zero-order chi connectivity index (χ0) is 9.10. The molecule has 1 saturated carbocycles. The zero-order valence-electron chi connectivity index (χ0n) is 7.37. The predicted octanol–water partition coefficient (Wildman–Crippen LogP) is 2.75. The van der Waals surface area contributed by atoms with Gasteiger partial charge in [-0.1, -0.05) is 0 Å². The van der Waals surface area contributed by atoms with Crippen LogP contribution in [0.15, 0.2) is 18.3 Å². The Balaban J connectivity index is 2.01. The fourth-order valence-electron chi connectivity index (χ4n) is 1.28. The molecule has 0 amide bonds. The van der Waals surface area contributed by atoms with Crippen LogP contribution in [0.5, 0.6) is 5.75 Å². The maximum atomic E-state index is 5.69. The minimum Gasteiger partial charge on any atom is -0.490 e. The van der Waals surface area contributed by atoms with Crippen LogP contribution in [0.4, 0.5) is 0 Å². The van der Waals surface area contributed by atoms with Crippen molar-refractivity contribution in [3.63, 3.8) is 0 Å². The first-order valence-electron chi connectivity index (χ1n) is 4.56. The van der Waals surface area contributed by atoms with E-state index < -0.39 is 0 Å². The standard InChI is InChI=1S/C10H12ClNO/c11-7-8-6-10(4-5-12-8)13-9-2-1-3-9/h4-6,9H,1-3,7H2. The topological polar surface area (TPSA) is 22.1 Å². The van der Waals surface area contributed by atoms with E-state index >= 15 is 0 Å². The molecule has 2 nitrogen and oxygen atoms in total. The van der Waals surface area contributed by atoms with E-state index in [1.54, 1.807) is 6.20 Å². The minimum absolute atomic E-state index is 0.422. The van der Waals surface area contributed by atoms with Crippen molar-refractivity contribution < 1.29 is 4.74 Å². The average Bonchev–Trinajstić information content (AvgIpc) is 2.12. The second-order valence-electron chi connectivity index (χ2n) is 3.29. The number of halogens is 1. The van der Waals surface area contributed by atoms with Gasteiger partial charge >= 0.3 is 0 Å². The maximum Gasteiger partial charge on any atom is 0.123 e. The molecule has 3 heteroatoms. The molecule has 1 aliphatic rings. The highest BCUT2D eigenvalue weighted by atomic mass is 35.5. The van der Waals surface area contributed by atoms with Gasteiger partial charge in [-0.05, 0) is 25.3 Å². The summed E-state index contributed by atoms with van der Waals surface area (Å²) in [5.74, 6) is 1.34. The number of rotatable bonds is 3. The van der Waals surface area contributed by atoms with Crippen molar-refractivity contribution in [3.05, 3.63) is 24.0 Å². The summed E-state index contributed by atoms with van der Waals surface area (Å²) in [6.07, 6.45) is 5.81. The predicted molar refractivity (Wildman–Crippen MR) is 52.1 cm³/mol. The van der Waals surface area contributed by atoms with Crippen LogP contribution in [-0.2, 0) is 5.88 Å². The number of alkyl halides is 1. The molecule has 1 fully saturated rings. The van der Waals surface area contributed by atoms with Crippen LogP contribution in [0, 0.1) is 0 Å². The summed E-state index contributed by atoms with van der Waals surface area (Å²) in [5, 5.41) is 0. The van der Waals surface area contributed by atoms with Gasteiger partial charge < -0.3 is 4.74 Å². The van der Waals surface area contributed by atoms with Crippen molar-refractivity contribution >= 4 is 11.6 Å². The zero-order valence-corrected chi connectivity index (χ0v) is 8.13. The van der Waals surface area contributed by atoms with E-state index in [2.05, 4.69) is 4.98 Å². The lowest BCUT2D eigenvalue weighted by atomic mass is 9.96. The molecule has 1 aromatic rings. The fraction of sp³-hybridized carbons (Fsp3) is 0.500. The molecule has 0 aliphatic heterocycles. The van der Waals surface area contributed by atoms with Gasteiger partial charge in [0.25, 0.3) is 0 Å². The van der Waals surface area contributed by atoms with E-state index in [4.69, 9.17) is 16.3 Å². The van der Waals surface area contributed by atoms with E-state index in [-0.39, 0.29) is 0 Å². The van der Waals surface area contributed by atoms with Crippen molar-refractivity contribution in [2.45, 2.75) is 31.2 Å². The van der Waals surface area contributed by atoms with Gasteiger partial charge in [0.15, 0.2) is 0 Å². The van der Waals surface area contributed by atoms with Gasteiger partial charge in [-0.2, -0.15) is 0 Å². The second kappa shape index (κ2) is 3.97. The Hall–Kier alpha value is -0.760. The van der Waals surface area contributed by atoms with Crippen molar-refractivity contribution in [1.29, 1.82) is 0 Å². The molecule has 0 bridgehead atoms. The normalized spacial score (nSPS) is 16.7. The quantitative estimate of drug-likeness (QED) is 0.696. The SMILES string of the molecule is ClCc1cc(OC2CCC2)ccn1. The smallest absolute Gasteiger partial charge is 0.123 e. The number of aromatic nitrogens is 1. The second-order valence-corrected chi connectivity index (χ2v) is 3.55. The van der Waals surface area contributed by atoms with E-state index in [0.717, 1.165) is 11.4 Å². The Bertz CT molecular complexity index is 286. The Kier molecular flexibility index (Phi) is 2.69. The summed E-state index contributed by atoms with van der Waals surface area (Å²) in [4.78, 5) is 4.10. The first kappa shape index (κ1) is 8.82. The molecular weight excluding hydrogens is 186 g/mol. The van der Waals surface area contributed by atoms with E-state index in [0.29, 0.717) is 12.0 Å². The summed E-state index contributed by atoms with van der Waals surface area (Å²) in [6.45, 7) is 0. The third-order valence-electron chi connectivity index (χ3n) is 2.28. The summed E-state index contributed by atoms with van der Waals surface area (Å²) in [5.41, 5.74) is 0.874. The molecule has 0 atom stereocenters. The van der Waals surface area contributed by atoms with Gasteiger partial charge in [0.05, 0.1) is 17.7 Å². The number of ether oxygens (including phenoxy) is 1. The Labute approximate surface area is 82.9 Å². The third-order valence-corrected chi connectivity index (χ3v) is 2.55. The molecule has 1 heterocycles. The Morgan fingerprint density at radius 3 is 3.00 bits per heavy atom.